The smallest absolute Gasteiger partial charge is 0.191 e. The molecule has 1 saturated heterocycles. The first-order valence-electron chi connectivity index (χ1n) is 10.2. The molecule has 0 bridgehead atoms. The third kappa shape index (κ3) is 6.70. The normalized spacial score (nSPS) is 19.8. The molecule has 2 aromatic rings. The van der Waals surface area contributed by atoms with Crippen LogP contribution in [0.3, 0.4) is 0 Å². The zero-order valence-corrected chi connectivity index (χ0v) is 20.3. The molecule has 29 heavy (non-hydrogen) atoms. The van der Waals surface area contributed by atoms with Crippen molar-refractivity contribution in [3.8, 4) is 0 Å². The van der Waals surface area contributed by atoms with Crippen LogP contribution in [0.1, 0.15) is 42.3 Å². The quantitative estimate of drug-likeness (QED) is 0.257. The fourth-order valence-corrected chi connectivity index (χ4v) is 3.96. The minimum Gasteiger partial charge on any atom is -0.361 e. The van der Waals surface area contributed by atoms with E-state index in [0.717, 1.165) is 56.3 Å². The predicted octanol–water partition coefficient (Wildman–Crippen LogP) is 3.67. The second-order valence-corrected chi connectivity index (χ2v) is 7.75. The van der Waals surface area contributed by atoms with Gasteiger partial charge in [-0.25, -0.2) is 0 Å². The van der Waals surface area contributed by atoms with Crippen molar-refractivity contribution in [3.05, 3.63) is 52.9 Å². The first-order valence-corrected chi connectivity index (χ1v) is 10.2. The van der Waals surface area contributed by atoms with E-state index in [2.05, 4.69) is 62.9 Å². The monoisotopic (exact) mass is 511 g/mol. The Morgan fingerprint density at radius 3 is 2.69 bits per heavy atom. The molecule has 2 N–H and O–H groups in total. The van der Waals surface area contributed by atoms with Gasteiger partial charge in [-0.3, -0.25) is 9.89 Å². The molecule has 0 saturated carbocycles. The van der Waals surface area contributed by atoms with Crippen molar-refractivity contribution < 1.29 is 4.52 Å². The molecule has 3 rings (SSSR count). The van der Waals surface area contributed by atoms with Gasteiger partial charge in [0.1, 0.15) is 5.76 Å². The van der Waals surface area contributed by atoms with Crippen LogP contribution < -0.4 is 10.6 Å². The average Bonchev–Trinajstić information content (AvgIpc) is 3.20. The van der Waals surface area contributed by atoms with Crippen molar-refractivity contribution in [1.29, 1.82) is 0 Å². The van der Waals surface area contributed by atoms with Crippen molar-refractivity contribution in [2.45, 2.75) is 58.7 Å². The lowest BCUT2D eigenvalue weighted by Crippen LogP contribution is -2.44. The summed E-state index contributed by atoms with van der Waals surface area (Å²) < 4.78 is 5.23. The molecule has 0 aliphatic carbocycles. The largest absolute Gasteiger partial charge is 0.361 e. The zero-order valence-electron chi connectivity index (χ0n) is 17.9. The second kappa shape index (κ2) is 11.5. The summed E-state index contributed by atoms with van der Waals surface area (Å²) in [5, 5.41) is 11.1. The SMILES string of the molecule is CN=C(NCCCc1c(C)noc1C)NC1CC(C)N(Cc2ccccc2)C1.I. The molecule has 1 aromatic heterocycles. The number of benzene rings is 1. The van der Waals surface area contributed by atoms with Gasteiger partial charge < -0.3 is 15.2 Å². The van der Waals surface area contributed by atoms with Gasteiger partial charge in [-0.15, -0.1) is 24.0 Å². The molecule has 1 aliphatic rings. The molecule has 2 heterocycles. The second-order valence-electron chi connectivity index (χ2n) is 7.75. The molecule has 0 amide bonds. The Balaban J connectivity index is 0.00000300. The minimum absolute atomic E-state index is 0. The minimum atomic E-state index is 0. The maximum Gasteiger partial charge on any atom is 0.191 e. The topological polar surface area (TPSA) is 65.7 Å². The molecule has 2 atom stereocenters. The van der Waals surface area contributed by atoms with Crippen LogP contribution in [0.2, 0.25) is 0 Å². The Kier molecular flexibility index (Phi) is 9.42. The van der Waals surface area contributed by atoms with E-state index in [0.29, 0.717) is 12.1 Å². The number of likely N-dealkylation sites (tertiary alicyclic amines) is 1. The summed E-state index contributed by atoms with van der Waals surface area (Å²) in [6.45, 7) is 9.21. The van der Waals surface area contributed by atoms with Crippen molar-refractivity contribution in [2.75, 3.05) is 20.1 Å². The molecule has 6 nitrogen and oxygen atoms in total. The highest BCUT2D eigenvalue weighted by molar-refractivity contribution is 14.0. The highest BCUT2D eigenvalue weighted by Crippen LogP contribution is 2.20. The molecule has 0 radical (unpaired) electrons. The van der Waals surface area contributed by atoms with Crippen molar-refractivity contribution in [2.24, 2.45) is 4.99 Å². The summed E-state index contributed by atoms with van der Waals surface area (Å²) in [7, 11) is 1.84. The van der Waals surface area contributed by atoms with E-state index >= 15 is 0 Å². The van der Waals surface area contributed by atoms with Gasteiger partial charge in [0.25, 0.3) is 0 Å². The highest BCUT2D eigenvalue weighted by atomic mass is 127. The summed E-state index contributed by atoms with van der Waals surface area (Å²) in [4.78, 5) is 6.94. The zero-order chi connectivity index (χ0) is 19.9. The first kappa shape index (κ1) is 23.7. The number of halogens is 1. The Bertz CT molecular complexity index is 757. The molecule has 1 aromatic carbocycles. The lowest BCUT2D eigenvalue weighted by molar-refractivity contribution is 0.258. The van der Waals surface area contributed by atoms with Crippen molar-refractivity contribution in [1.82, 2.24) is 20.7 Å². The van der Waals surface area contributed by atoms with Gasteiger partial charge in [-0.2, -0.15) is 0 Å². The Morgan fingerprint density at radius 2 is 2.03 bits per heavy atom. The number of nitrogens with zero attached hydrogens (tertiary/aromatic N) is 3. The molecule has 1 aliphatic heterocycles. The molecular weight excluding hydrogens is 477 g/mol. The van der Waals surface area contributed by atoms with Crippen molar-refractivity contribution in [3.63, 3.8) is 0 Å². The van der Waals surface area contributed by atoms with Crippen LogP contribution in [-0.2, 0) is 13.0 Å². The lowest BCUT2D eigenvalue weighted by Gasteiger charge is -2.21. The number of aliphatic imine (C=N–C) groups is 1. The number of aryl methyl sites for hydroxylation is 2. The van der Waals surface area contributed by atoms with Gasteiger partial charge in [-0.1, -0.05) is 35.5 Å². The molecule has 7 heteroatoms. The Hall–Kier alpha value is -1.61. The van der Waals surface area contributed by atoms with Gasteiger partial charge in [0.15, 0.2) is 5.96 Å². The van der Waals surface area contributed by atoms with Crippen LogP contribution >= 0.6 is 24.0 Å². The van der Waals surface area contributed by atoms with E-state index < -0.39 is 0 Å². The fourth-order valence-electron chi connectivity index (χ4n) is 3.96. The number of hydrogen-bond donors (Lipinski definition) is 2. The predicted molar refractivity (Wildman–Crippen MR) is 129 cm³/mol. The maximum atomic E-state index is 5.23. The van der Waals surface area contributed by atoms with Crippen LogP contribution in [0.5, 0.6) is 0 Å². The van der Waals surface area contributed by atoms with Gasteiger partial charge in [0.05, 0.1) is 5.69 Å². The number of rotatable bonds is 7. The Morgan fingerprint density at radius 1 is 1.28 bits per heavy atom. The Labute approximate surface area is 191 Å². The van der Waals surface area contributed by atoms with Crippen LogP contribution in [0.25, 0.3) is 0 Å². The summed E-state index contributed by atoms with van der Waals surface area (Å²) in [6, 6.07) is 11.7. The molecule has 1 fully saturated rings. The summed E-state index contributed by atoms with van der Waals surface area (Å²) in [5.74, 6) is 1.82. The van der Waals surface area contributed by atoms with E-state index in [-0.39, 0.29) is 24.0 Å². The number of guanidine groups is 1. The number of nitrogens with one attached hydrogen (secondary N) is 2. The third-order valence-electron chi connectivity index (χ3n) is 5.57. The summed E-state index contributed by atoms with van der Waals surface area (Å²) in [6.07, 6.45) is 3.12. The highest BCUT2D eigenvalue weighted by Gasteiger charge is 2.29. The van der Waals surface area contributed by atoms with Crippen LogP contribution in [-0.4, -0.2) is 48.2 Å². The van der Waals surface area contributed by atoms with Gasteiger partial charge in [0, 0.05) is 44.3 Å². The fraction of sp³-hybridized carbons (Fsp3) is 0.545. The summed E-state index contributed by atoms with van der Waals surface area (Å²) >= 11 is 0. The maximum absolute atomic E-state index is 5.23. The van der Waals surface area contributed by atoms with Gasteiger partial charge in [-0.05, 0) is 45.6 Å². The van der Waals surface area contributed by atoms with Crippen LogP contribution in [0.4, 0.5) is 0 Å². The molecule has 2 unspecified atom stereocenters. The van der Waals surface area contributed by atoms with E-state index in [9.17, 15) is 0 Å². The molecule has 0 spiro atoms. The van der Waals surface area contributed by atoms with Crippen molar-refractivity contribution >= 4 is 29.9 Å². The van der Waals surface area contributed by atoms with Crippen LogP contribution in [0.15, 0.2) is 39.8 Å². The van der Waals surface area contributed by atoms with Gasteiger partial charge >= 0.3 is 0 Å². The standard InChI is InChI=1S/C22H33N5O.HI/c1-16-13-20(15-27(16)14-19-9-6-5-7-10-19)25-22(23-4)24-12-8-11-21-17(2)26-28-18(21)3;/h5-7,9-10,16,20H,8,11-15H2,1-4H3,(H2,23,24,25);1H. The number of hydrogen-bond acceptors (Lipinski definition) is 4. The van der Waals surface area contributed by atoms with Crippen LogP contribution in [0, 0.1) is 13.8 Å². The van der Waals surface area contributed by atoms with E-state index in [1.165, 1.54) is 11.1 Å². The van der Waals surface area contributed by atoms with Gasteiger partial charge in [0.2, 0.25) is 0 Å². The van der Waals surface area contributed by atoms with E-state index in [1.54, 1.807) is 0 Å². The lowest BCUT2D eigenvalue weighted by atomic mass is 10.1. The third-order valence-corrected chi connectivity index (χ3v) is 5.57. The number of aromatic nitrogens is 1. The average molecular weight is 511 g/mol. The van der Waals surface area contributed by atoms with E-state index in [1.807, 2.05) is 20.9 Å². The summed E-state index contributed by atoms with van der Waals surface area (Å²) in [5.41, 5.74) is 3.60. The van der Waals surface area contributed by atoms with E-state index in [4.69, 9.17) is 4.52 Å². The molecular formula is C22H34IN5O. The molecule has 160 valence electrons. The first-order chi connectivity index (χ1) is 13.6.